The fourth-order valence-electron chi connectivity index (χ4n) is 3.39. The first-order valence-electron chi connectivity index (χ1n) is 8.94. The first kappa shape index (κ1) is 17.7. The van der Waals surface area contributed by atoms with E-state index in [-0.39, 0.29) is 23.7 Å². The standard InChI is InChI=1S/C19H25NO5/c1-3-23-19(22)13(2)20-8-6-14(7-9-20)18(21)15-4-5-16-17(12-15)25-11-10-24-16/h4-5,12-14H,3,6-11H2,1-2H3/t13-/m0/s1. The molecule has 0 bridgehead atoms. The molecule has 0 unspecified atom stereocenters. The van der Waals surface area contributed by atoms with E-state index in [1.165, 1.54) is 0 Å². The van der Waals surface area contributed by atoms with Crippen molar-refractivity contribution >= 4 is 11.8 Å². The maximum atomic E-state index is 12.8. The van der Waals surface area contributed by atoms with Crippen LogP contribution in [0.15, 0.2) is 18.2 Å². The number of nitrogens with zero attached hydrogens (tertiary/aromatic N) is 1. The molecule has 1 fully saturated rings. The highest BCUT2D eigenvalue weighted by Crippen LogP contribution is 2.32. The zero-order valence-electron chi connectivity index (χ0n) is 14.8. The van der Waals surface area contributed by atoms with Crippen molar-refractivity contribution in [3.8, 4) is 11.5 Å². The van der Waals surface area contributed by atoms with Crippen LogP contribution in [0.5, 0.6) is 11.5 Å². The second kappa shape index (κ2) is 7.87. The number of hydrogen-bond acceptors (Lipinski definition) is 6. The second-order valence-electron chi connectivity index (χ2n) is 6.46. The predicted octanol–water partition coefficient (Wildman–Crippen LogP) is 2.30. The maximum absolute atomic E-state index is 12.8. The summed E-state index contributed by atoms with van der Waals surface area (Å²) in [5.74, 6) is 1.26. The summed E-state index contributed by atoms with van der Waals surface area (Å²) in [4.78, 5) is 26.7. The number of ketones is 1. The van der Waals surface area contributed by atoms with Crippen molar-refractivity contribution in [1.29, 1.82) is 0 Å². The molecule has 2 aliphatic heterocycles. The van der Waals surface area contributed by atoms with E-state index in [1.54, 1.807) is 12.1 Å². The number of ether oxygens (including phenoxy) is 3. The summed E-state index contributed by atoms with van der Waals surface area (Å²) in [5.41, 5.74) is 0.668. The van der Waals surface area contributed by atoms with Gasteiger partial charge in [-0.1, -0.05) is 0 Å². The van der Waals surface area contributed by atoms with Crippen LogP contribution in [0.4, 0.5) is 0 Å². The number of carbonyl (C=O) groups excluding carboxylic acids is 2. The third-order valence-corrected chi connectivity index (χ3v) is 4.90. The summed E-state index contributed by atoms with van der Waals surface area (Å²) in [6, 6.07) is 5.14. The Morgan fingerprint density at radius 1 is 1.20 bits per heavy atom. The minimum Gasteiger partial charge on any atom is -0.486 e. The van der Waals surface area contributed by atoms with Crippen LogP contribution >= 0.6 is 0 Å². The summed E-state index contributed by atoms with van der Waals surface area (Å²) < 4.78 is 16.1. The lowest BCUT2D eigenvalue weighted by Gasteiger charge is -2.34. The quantitative estimate of drug-likeness (QED) is 0.602. The summed E-state index contributed by atoms with van der Waals surface area (Å²) in [5, 5.41) is 0. The number of carbonyl (C=O) groups is 2. The SMILES string of the molecule is CCOC(=O)[C@H](C)N1CCC(C(=O)c2ccc3c(c2)OCCO3)CC1. The Labute approximate surface area is 148 Å². The van der Waals surface area contributed by atoms with Crippen molar-refractivity contribution in [2.24, 2.45) is 5.92 Å². The Morgan fingerprint density at radius 2 is 1.88 bits per heavy atom. The van der Waals surface area contributed by atoms with Gasteiger partial charge < -0.3 is 14.2 Å². The largest absolute Gasteiger partial charge is 0.486 e. The van der Waals surface area contributed by atoms with Crippen LogP contribution in [0.25, 0.3) is 0 Å². The van der Waals surface area contributed by atoms with Crippen molar-refractivity contribution in [1.82, 2.24) is 4.90 Å². The molecule has 0 aromatic heterocycles. The van der Waals surface area contributed by atoms with Gasteiger partial charge in [0.2, 0.25) is 0 Å². The van der Waals surface area contributed by atoms with Crippen LogP contribution in [0.1, 0.15) is 37.0 Å². The van der Waals surface area contributed by atoms with Gasteiger partial charge in [0.25, 0.3) is 0 Å². The van der Waals surface area contributed by atoms with E-state index in [0.717, 1.165) is 25.9 Å². The Morgan fingerprint density at radius 3 is 2.56 bits per heavy atom. The van der Waals surface area contributed by atoms with Gasteiger partial charge in [-0.05, 0) is 58.0 Å². The first-order valence-corrected chi connectivity index (χ1v) is 8.94. The van der Waals surface area contributed by atoms with E-state index < -0.39 is 0 Å². The molecule has 0 spiro atoms. The molecule has 0 N–H and O–H groups in total. The summed E-state index contributed by atoms with van der Waals surface area (Å²) in [7, 11) is 0. The van der Waals surface area contributed by atoms with Gasteiger partial charge in [0.05, 0.1) is 6.61 Å². The van der Waals surface area contributed by atoms with Gasteiger partial charge in [-0.2, -0.15) is 0 Å². The Bertz CT molecular complexity index is 637. The molecule has 1 saturated heterocycles. The lowest BCUT2D eigenvalue weighted by atomic mass is 9.88. The Balaban J connectivity index is 1.59. The third kappa shape index (κ3) is 3.95. The lowest BCUT2D eigenvalue weighted by molar-refractivity contribution is -0.149. The van der Waals surface area contributed by atoms with E-state index in [0.29, 0.717) is 36.9 Å². The van der Waals surface area contributed by atoms with Crippen LogP contribution < -0.4 is 9.47 Å². The van der Waals surface area contributed by atoms with Crippen molar-refractivity contribution in [2.45, 2.75) is 32.7 Å². The third-order valence-electron chi connectivity index (χ3n) is 4.90. The van der Waals surface area contributed by atoms with Crippen LogP contribution in [0, 0.1) is 5.92 Å². The molecule has 0 aliphatic carbocycles. The number of hydrogen-bond donors (Lipinski definition) is 0. The van der Waals surface area contributed by atoms with Crippen LogP contribution in [-0.2, 0) is 9.53 Å². The molecular weight excluding hydrogens is 322 g/mol. The molecule has 1 atom stereocenters. The molecule has 6 heteroatoms. The van der Waals surface area contributed by atoms with E-state index in [1.807, 2.05) is 19.9 Å². The minimum absolute atomic E-state index is 0.0202. The minimum atomic E-state index is -0.259. The van der Waals surface area contributed by atoms with E-state index in [4.69, 9.17) is 14.2 Å². The van der Waals surface area contributed by atoms with Gasteiger partial charge >= 0.3 is 5.97 Å². The maximum Gasteiger partial charge on any atom is 0.323 e. The number of fused-ring (bicyclic) bond motifs is 1. The smallest absolute Gasteiger partial charge is 0.323 e. The van der Waals surface area contributed by atoms with E-state index in [2.05, 4.69) is 4.90 Å². The number of benzene rings is 1. The molecule has 2 heterocycles. The van der Waals surface area contributed by atoms with Gasteiger partial charge in [0.15, 0.2) is 17.3 Å². The average Bonchev–Trinajstić information content (AvgIpc) is 2.66. The monoisotopic (exact) mass is 347 g/mol. The molecule has 0 amide bonds. The lowest BCUT2D eigenvalue weighted by Crippen LogP contribution is -2.45. The van der Waals surface area contributed by atoms with Crippen molar-refractivity contribution in [2.75, 3.05) is 32.9 Å². The van der Waals surface area contributed by atoms with Gasteiger partial charge in [-0.3, -0.25) is 14.5 Å². The number of Topliss-reactive ketones (excluding diaryl/α,β-unsaturated/α-hetero) is 1. The second-order valence-corrected chi connectivity index (χ2v) is 6.46. The van der Waals surface area contributed by atoms with E-state index >= 15 is 0 Å². The molecule has 6 nitrogen and oxygen atoms in total. The van der Waals surface area contributed by atoms with E-state index in [9.17, 15) is 9.59 Å². The first-order chi connectivity index (χ1) is 12.1. The molecule has 2 aliphatic rings. The Hall–Kier alpha value is -2.08. The summed E-state index contributed by atoms with van der Waals surface area (Å²) in [6.07, 6.45) is 1.49. The number of likely N-dealkylation sites (tertiary alicyclic amines) is 1. The van der Waals surface area contributed by atoms with Gasteiger partial charge in [-0.15, -0.1) is 0 Å². The molecule has 0 saturated carbocycles. The molecule has 25 heavy (non-hydrogen) atoms. The summed E-state index contributed by atoms with van der Waals surface area (Å²) in [6.45, 7) is 6.56. The van der Waals surface area contributed by atoms with Gasteiger partial charge in [0.1, 0.15) is 19.3 Å². The highest BCUT2D eigenvalue weighted by Gasteiger charge is 2.31. The van der Waals surface area contributed by atoms with Gasteiger partial charge in [0, 0.05) is 11.5 Å². The Kier molecular flexibility index (Phi) is 5.58. The highest BCUT2D eigenvalue weighted by molar-refractivity contribution is 5.98. The number of rotatable bonds is 5. The topological polar surface area (TPSA) is 65.1 Å². The molecule has 3 rings (SSSR count). The zero-order valence-corrected chi connectivity index (χ0v) is 14.8. The van der Waals surface area contributed by atoms with Crippen LogP contribution in [0.3, 0.4) is 0 Å². The van der Waals surface area contributed by atoms with Crippen molar-refractivity contribution in [3.63, 3.8) is 0 Å². The molecular formula is C19H25NO5. The fourth-order valence-corrected chi connectivity index (χ4v) is 3.39. The molecule has 1 aromatic carbocycles. The number of piperidine rings is 1. The number of esters is 1. The van der Waals surface area contributed by atoms with Crippen molar-refractivity contribution < 1.29 is 23.8 Å². The van der Waals surface area contributed by atoms with Crippen molar-refractivity contribution in [3.05, 3.63) is 23.8 Å². The highest BCUT2D eigenvalue weighted by atomic mass is 16.6. The van der Waals surface area contributed by atoms with Gasteiger partial charge in [-0.25, -0.2) is 0 Å². The summed E-state index contributed by atoms with van der Waals surface area (Å²) >= 11 is 0. The zero-order chi connectivity index (χ0) is 17.8. The van der Waals surface area contributed by atoms with Crippen LogP contribution in [-0.4, -0.2) is 55.6 Å². The average molecular weight is 347 g/mol. The predicted molar refractivity (Wildman–Crippen MR) is 92.2 cm³/mol. The molecule has 136 valence electrons. The molecule has 0 radical (unpaired) electrons. The van der Waals surface area contributed by atoms with Crippen LogP contribution in [0.2, 0.25) is 0 Å². The fraction of sp³-hybridized carbons (Fsp3) is 0.579. The molecule has 1 aromatic rings. The normalized spacial score (nSPS) is 19.3.